The molecule has 1 atom stereocenters. The van der Waals surface area contributed by atoms with Crippen LogP contribution < -0.4 is 0 Å². The van der Waals surface area contributed by atoms with E-state index in [2.05, 4.69) is 10.1 Å². The number of aromatic nitrogens is 1. The molecule has 0 radical (unpaired) electrons. The summed E-state index contributed by atoms with van der Waals surface area (Å²) in [5, 5.41) is 3.97. The zero-order chi connectivity index (χ0) is 18.1. The molecule has 1 aliphatic rings. The second-order valence-corrected chi connectivity index (χ2v) is 6.93. The Morgan fingerprint density at radius 3 is 2.72 bits per heavy atom. The summed E-state index contributed by atoms with van der Waals surface area (Å²) in [5.74, 6) is 0.369. The first-order valence-corrected chi connectivity index (χ1v) is 8.60. The number of amides is 1. The first-order valence-electron chi connectivity index (χ1n) is 8.60. The number of carbonyl (C=O) groups excluding carboxylic acids is 1. The zero-order valence-electron chi connectivity index (χ0n) is 15.1. The fourth-order valence-corrected chi connectivity index (χ4v) is 3.34. The van der Waals surface area contributed by atoms with Gasteiger partial charge in [-0.2, -0.15) is 0 Å². The summed E-state index contributed by atoms with van der Waals surface area (Å²) in [6.07, 6.45) is 0. The highest BCUT2D eigenvalue weighted by atomic mass is 19.1. The smallest absolute Gasteiger partial charge is 0.259 e. The fourth-order valence-electron chi connectivity index (χ4n) is 3.34. The van der Waals surface area contributed by atoms with Gasteiger partial charge in [-0.05, 0) is 20.0 Å². The Kier molecular flexibility index (Phi) is 4.90. The summed E-state index contributed by atoms with van der Waals surface area (Å²) >= 11 is 0. The number of piperazine rings is 1. The molecule has 1 aliphatic heterocycles. The average molecular weight is 345 g/mol. The summed E-state index contributed by atoms with van der Waals surface area (Å²) < 4.78 is 19.6. The van der Waals surface area contributed by atoms with Gasteiger partial charge in [-0.1, -0.05) is 37.2 Å². The quantitative estimate of drug-likeness (QED) is 0.856. The lowest BCUT2D eigenvalue weighted by Gasteiger charge is -2.39. The maximum atomic E-state index is 14.2. The number of aryl methyl sites for hydroxylation is 1. The molecule has 1 saturated heterocycles. The molecule has 1 fully saturated rings. The van der Waals surface area contributed by atoms with E-state index in [1.54, 1.807) is 24.0 Å². The molecule has 6 heteroatoms. The minimum atomic E-state index is -0.238. The van der Waals surface area contributed by atoms with Crippen LogP contribution in [0.5, 0.6) is 0 Å². The van der Waals surface area contributed by atoms with Crippen LogP contribution in [-0.4, -0.2) is 47.5 Å². The third kappa shape index (κ3) is 3.31. The number of benzene rings is 1. The highest BCUT2D eigenvalue weighted by Gasteiger charge is 2.33. The van der Waals surface area contributed by atoms with Gasteiger partial charge in [-0.25, -0.2) is 4.39 Å². The maximum Gasteiger partial charge on any atom is 0.259 e. The molecule has 0 aliphatic carbocycles. The van der Waals surface area contributed by atoms with Crippen LogP contribution in [0.25, 0.3) is 0 Å². The van der Waals surface area contributed by atoms with Crippen molar-refractivity contribution in [3.8, 4) is 0 Å². The highest BCUT2D eigenvalue weighted by molar-refractivity contribution is 5.96. The van der Waals surface area contributed by atoms with Crippen molar-refractivity contribution >= 4 is 5.91 Å². The molecule has 2 aromatic rings. The first kappa shape index (κ1) is 17.6. The normalized spacial score (nSPS) is 18.8. The number of hydrogen-bond acceptors (Lipinski definition) is 4. The van der Waals surface area contributed by atoms with Crippen molar-refractivity contribution in [2.75, 3.05) is 26.7 Å². The third-order valence-corrected chi connectivity index (χ3v) is 4.83. The molecule has 1 amide bonds. The van der Waals surface area contributed by atoms with E-state index in [1.807, 2.05) is 27.0 Å². The molecule has 0 spiro atoms. The average Bonchev–Trinajstić information content (AvgIpc) is 2.97. The van der Waals surface area contributed by atoms with Crippen molar-refractivity contribution in [1.29, 1.82) is 0 Å². The number of hydrogen-bond donors (Lipinski definition) is 0. The summed E-state index contributed by atoms with van der Waals surface area (Å²) in [6.45, 7) is 7.46. The van der Waals surface area contributed by atoms with E-state index < -0.39 is 0 Å². The Bertz CT molecular complexity index is 772. The van der Waals surface area contributed by atoms with E-state index in [-0.39, 0.29) is 23.7 Å². The second kappa shape index (κ2) is 6.96. The Hall–Kier alpha value is -2.21. The standard InChI is InChI=1S/C19H24FN3O2/c1-12(2)18-17(13(3)21-25-18)19(24)23-10-9-22(4)16(11-23)14-7-5-6-8-15(14)20/h5-8,12,16H,9-11H2,1-4H3. The van der Waals surface area contributed by atoms with Crippen LogP contribution in [0, 0.1) is 12.7 Å². The monoisotopic (exact) mass is 345 g/mol. The van der Waals surface area contributed by atoms with Crippen LogP contribution in [0.1, 0.15) is 53.2 Å². The Morgan fingerprint density at radius 1 is 1.32 bits per heavy atom. The molecule has 2 heterocycles. The van der Waals surface area contributed by atoms with Gasteiger partial charge in [0.05, 0.1) is 11.7 Å². The molecule has 0 bridgehead atoms. The van der Waals surface area contributed by atoms with Crippen molar-refractivity contribution < 1.29 is 13.7 Å². The van der Waals surface area contributed by atoms with Gasteiger partial charge in [0.25, 0.3) is 5.91 Å². The van der Waals surface area contributed by atoms with Crippen molar-refractivity contribution in [2.45, 2.75) is 32.7 Å². The van der Waals surface area contributed by atoms with Gasteiger partial charge in [0.1, 0.15) is 11.4 Å². The predicted molar refractivity (Wildman–Crippen MR) is 93.0 cm³/mol. The molecule has 0 N–H and O–H groups in total. The fraction of sp³-hybridized carbons (Fsp3) is 0.474. The van der Waals surface area contributed by atoms with Crippen LogP contribution in [0.3, 0.4) is 0 Å². The molecule has 5 nitrogen and oxygen atoms in total. The number of carbonyl (C=O) groups is 1. The third-order valence-electron chi connectivity index (χ3n) is 4.83. The lowest BCUT2D eigenvalue weighted by molar-refractivity contribution is 0.0537. The molecular formula is C19H24FN3O2. The van der Waals surface area contributed by atoms with Gasteiger partial charge in [0.2, 0.25) is 0 Å². The molecule has 1 aromatic heterocycles. The van der Waals surface area contributed by atoms with Gasteiger partial charge in [-0.3, -0.25) is 9.69 Å². The number of likely N-dealkylation sites (N-methyl/N-ethyl adjacent to an activating group) is 1. The molecule has 134 valence electrons. The molecule has 1 aromatic carbocycles. The van der Waals surface area contributed by atoms with Gasteiger partial charge >= 0.3 is 0 Å². The van der Waals surface area contributed by atoms with E-state index in [0.29, 0.717) is 42.2 Å². The van der Waals surface area contributed by atoms with Crippen LogP contribution in [0.2, 0.25) is 0 Å². The Labute approximate surface area is 147 Å². The van der Waals surface area contributed by atoms with Crippen LogP contribution >= 0.6 is 0 Å². The largest absolute Gasteiger partial charge is 0.360 e. The van der Waals surface area contributed by atoms with Crippen molar-refractivity contribution in [3.05, 3.63) is 52.7 Å². The van der Waals surface area contributed by atoms with Gasteiger partial charge in [0.15, 0.2) is 5.76 Å². The SMILES string of the molecule is Cc1noc(C(C)C)c1C(=O)N1CCN(C)C(c2ccccc2F)C1. The molecule has 1 unspecified atom stereocenters. The Balaban J connectivity index is 1.88. The van der Waals surface area contributed by atoms with Gasteiger partial charge in [0, 0.05) is 31.1 Å². The van der Waals surface area contributed by atoms with Crippen LogP contribution in [-0.2, 0) is 0 Å². The van der Waals surface area contributed by atoms with Gasteiger partial charge < -0.3 is 9.42 Å². The number of nitrogens with zero attached hydrogens (tertiary/aromatic N) is 3. The van der Waals surface area contributed by atoms with E-state index in [4.69, 9.17) is 4.52 Å². The second-order valence-electron chi connectivity index (χ2n) is 6.93. The van der Waals surface area contributed by atoms with Crippen molar-refractivity contribution in [2.24, 2.45) is 0 Å². The first-order chi connectivity index (χ1) is 11.9. The number of halogens is 1. The Morgan fingerprint density at radius 2 is 2.04 bits per heavy atom. The molecule has 25 heavy (non-hydrogen) atoms. The summed E-state index contributed by atoms with van der Waals surface area (Å²) in [5.41, 5.74) is 1.77. The van der Waals surface area contributed by atoms with Crippen molar-refractivity contribution in [1.82, 2.24) is 15.0 Å². The van der Waals surface area contributed by atoms with Crippen molar-refractivity contribution in [3.63, 3.8) is 0 Å². The lowest BCUT2D eigenvalue weighted by Crippen LogP contribution is -2.49. The minimum absolute atomic E-state index is 0.0787. The lowest BCUT2D eigenvalue weighted by atomic mass is 10.00. The highest BCUT2D eigenvalue weighted by Crippen LogP contribution is 2.29. The van der Waals surface area contributed by atoms with Crippen LogP contribution in [0.4, 0.5) is 4.39 Å². The number of rotatable bonds is 3. The van der Waals surface area contributed by atoms with E-state index >= 15 is 0 Å². The topological polar surface area (TPSA) is 49.6 Å². The van der Waals surface area contributed by atoms with E-state index in [0.717, 1.165) is 0 Å². The van der Waals surface area contributed by atoms with Crippen LogP contribution in [0.15, 0.2) is 28.8 Å². The molecule has 3 rings (SSSR count). The molecule has 0 saturated carbocycles. The predicted octanol–water partition coefficient (Wildman–Crippen LogP) is 3.37. The maximum absolute atomic E-state index is 14.2. The summed E-state index contributed by atoms with van der Waals surface area (Å²) in [6, 6.07) is 6.59. The summed E-state index contributed by atoms with van der Waals surface area (Å²) in [4.78, 5) is 17.0. The minimum Gasteiger partial charge on any atom is -0.360 e. The molecular weight excluding hydrogens is 321 g/mol. The summed E-state index contributed by atoms with van der Waals surface area (Å²) in [7, 11) is 1.96. The van der Waals surface area contributed by atoms with E-state index in [1.165, 1.54) is 6.07 Å². The zero-order valence-corrected chi connectivity index (χ0v) is 15.1. The van der Waals surface area contributed by atoms with E-state index in [9.17, 15) is 9.18 Å². The van der Waals surface area contributed by atoms with Gasteiger partial charge in [-0.15, -0.1) is 0 Å².